The third-order valence-electron chi connectivity index (χ3n) is 1.79. The van der Waals surface area contributed by atoms with Crippen molar-refractivity contribution in [2.45, 2.75) is 12.5 Å². The maximum absolute atomic E-state index is 10.8. The second-order valence-electron chi connectivity index (χ2n) is 2.40. The highest BCUT2D eigenvalue weighted by molar-refractivity contribution is 5.86. The van der Waals surface area contributed by atoms with Crippen LogP contribution in [0.1, 0.15) is 6.42 Å². The first-order valence-corrected chi connectivity index (χ1v) is 3.09. The van der Waals surface area contributed by atoms with Crippen molar-refractivity contribution >= 4 is 5.78 Å². The van der Waals surface area contributed by atoms with Gasteiger partial charge in [-0.1, -0.05) is 0 Å². The Labute approximate surface area is 54.3 Å². The molecule has 0 aromatic rings. The molecule has 1 aliphatic rings. The number of nitrogens with zero attached hydrogens (tertiary/aromatic N) is 1. The van der Waals surface area contributed by atoms with E-state index in [1.165, 1.54) is 0 Å². The van der Waals surface area contributed by atoms with E-state index in [9.17, 15) is 4.79 Å². The molecular formula is C6H11NO2. The molecule has 1 rings (SSSR count). The van der Waals surface area contributed by atoms with Crippen molar-refractivity contribution in [2.75, 3.05) is 20.2 Å². The molecule has 9 heavy (non-hydrogen) atoms. The highest BCUT2D eigenvalue weighted by Crippen LogP contribution is 2.09. The Hall–Kier alpha value is -0.410. The molecule has 1 heterocycles. The number of ketones is 1. The number of aliphatic hydroxyl groups excluding tert-OH is 1. The lowest BCUT2D eigenvalue weighted by Crippen LogP contribution is -2.32. The van der Waals surface area contributed by atoms with E-state index in [2.05, 4.69) is 0 Å². The molecular weight excluding hydrogens is 118 g/mol. The molecule has 3 nitrogen and oxygen atoms in total. The second kappa shape index (κ2) is 2.45. The number of rotatable bonds is 1. The third-order valence-corrected chi connectivity index (χ3v) is 1.79. The summed E-state index contributed by atoms with van der Waals surface area (Å²) >= 11 is 0. The van der Waals surface area contributed by atoms with Gasteiger partial charge in [0, 0.05) is 13.0 Å². The number of Topliss-reactive ketones (excluding diaryl/α,β-unsaturated/α-hetero) is 1. The van der Waals surface area contributed by atoms with Gasteiger partial charge in [-0.05, 0) is 7.05 Å². The molecule has 3 heteroatoms. The summed E-state index contributed by atoms with van der Waals surface area (Å²) in [4.78, 5) is 12.7. The van der Waals surface area contributed by atoms with E-state index in [-0.39, 0.29) is 18.4 Å². The Morgan fingerprint density at radius 1 is 1.89 bits per heavy atom. The topological polar surface area (TPSA) is 40.5 Å². The summed E-state index contributed by atoms with van der Waals surface area (Å²) in [7, 11) is 1.85. The molecule has 0 aromatic carbocycles. The molecule has 0 saturated carbocycles. The summed E-state index contributed by atoms with van der Waals surface area (Å²) in [6.07, 6.45) is 0.599. The van der Waals surface area contributed by atoms with Crippen LogP contribution in [-0.4, -0.2) is 42.0 Å². The van der Waals surface area contributed by atoms with Crippen molar-refractivity contribution in [1.82, 2.24) is 4.90 Å². The number of aliphatic hydroxyl groups is 1. The van der Waals surface area contributed by atoms with E-state index in [1.807, 2.05) is 11.9 Å². The lowest BCUT2D eigenvalue weighted by Gasteiger charge is -2.13. The zero-order valence-electron chi connectivity index (χ0n) is 5.50. The Kier molecular flexibility index (Phi) is 1.83. The average Bonchev–Trinajstić information content (AvgIpc) is 2.12. The van der Waals surface area contributed by atoms with Gasteiger partial charge in [-0.15, -0.1) is 0 Å². The molecule has 1 saturated heterocycles. The van der Waals surface area contributed by atoms with E-state index in [0.717, 1.165) is 6.54 Å². The number of carbonyl (C=O) groups excluding carboxylic acids is 1. The zero-order valence-corrected chi connectivity index (χ0v) is 5.50. The summed E-state index contributed by atoms with van der Waals surface area (Å²) in [5, 5.41) is 8.64. The summed E-state index contributed by atoms with van der Waals surface area (Å²) in [6, 6.07) is -0.218. The fourth-order valence-corrected chi connectivity index (χ4v) is 1.10. The average molecular weight is 129 g/mol. The predicted molar refractivity (Wildman–Crippen MR) is 33.1 cm³/mol. The molecule has 0 aromatic heterocycles. The van der Waals surface area contributed by atoms with Gasteiger partial charge in [0.25, 0.3) is 0 Å². The van der Waals surface area contributed by atoms with Crippen LogP contribution in [0.5, 0.6) is 0 Å². The second-order valence-corrected chi connectivity index (χ2v) is 2.40. The van der Waals surface area contributed by atoms with E-state index in [0.29, 0.717) is 6.42 Å². The van der Waals surface area contributed by atoms with E-state index in [1.54, 1.807) is 0 Å². The molecule has 1 aliphatic heterocycles. The van der Waals surface area contributed by atoms with Crippen molar-refractivity contribution < 1.29 is 9.90 Å². The van der Waals surface area contributed by atoms with Crippen molar-refractivity contribution in [3.8, 4) is 0 Å². The minimum absolute atomic E-state index is 0.0324. The van der Waals surface area contributed by atoms with Crippen LogP contribution in [0.4, 0.5) is 0 Å². The van der Waals surface area contributed by atoms with Gasteiger partial charge in [-0.2, -0.15) is 0 Å². The fraction of sp³-hybridized carbons (Fsp3) is 0.833. The van der Waals surface area contributed by atoms with Crippen molar-refractivity contribution in [3.63, 3.8) is 0 Å². The van der Waals surface area contributed by atoms with Gasteiger partial charge in [-0.25, -0.2) is 0 Å². The SMILES string of the molecule is CN1CCC(=O)C1CO. The molecule has 0 amide bonds. The molecule has 0 aliphatic carbocycles. The van der Waals surface area contributed by atoms with Crippen LogP contribution in [0, 0.1) is 0 Å². The first kappa shape index (κ1) is 6.71. The number of carbonyl (C=O) groups is 1. The number of likely N-dealkylation sites (tertiary alicyclic amines) is 1. The van der Waals surface area contributed by atoms with Crippen LogP contribution in [0.25, 0.3) is 0 Å². The van der Waals surface area contributed by atoms with Crippen LogP contribution in [0.3, 0.4) is 0 Å². The lowest BCUT2D eigenvalue weighted by atomic mass is 10.2. The highest BCUT2D eigenvalue weighted by atomic mass is 16.3. The summed E-state index contributed by atoms with van der Waals surface area (Å²) in [5.41, 5.74) is 0. The minimum Gasteiger partial charge on any atom is -0.394 e. The van der Waals surface area contributed by atoms with E-state index >= 15 is 0 Å². The molecule has 1 atom stereocenters. The Bertz CT molecular complexity index is 124. The quantitative estimate of drug-likeness (QED) is 0.506. The first-order chi connectivity index (χ1) is 4.25. The third kappa shape index (κ3) is 1.11. The van der Waals surface area contributed by atoms with E-state index < -0.39 is 0 Å². The summed E-state index contributed by atoms with van der Waals surface area (Å²) in [5.74, 6) is 0.167. The predicted octanol–water partition coefficient (Wildman–Crippen LogP) is -0.748. The van der Waals surface area contributed by atoms with Gasteiger partial charge in [0.1, 0.15) is 0 Å². The smallest absolute Gasteiger partial charge is 0.153 e. The van der Waals surface area contributed by atoms with Crippen molar-refractivity contribution in [1.29, 1.82) is 0 Å². The maximum Gasteiger partial charge on any atom is 0.153 e. The van der Waals surface area contributed by atoms with E-state index in [4.69, 9.17) is 5.11 Å². The maximum atomic E-state index is 10.8. The lowest BCUT2D eigenvalue weighted by molar-refractivity contribution is -0.120. The zero-order chi connectivity index (χ0) is 6.85. The summed E-state index contributed by atoms with van der Waals surface area (Å²) < 4.78 is 0. The van der Waals surface area contributed by atoms with Gasteiger partial charge in [0.2, 0.25) is 0 Å². The number of likely N-dealkylation sites (N-methyl/N-ethyl adjacent to an activating group) is 1. The number of hydrogen-bond acceptors (Lipinski definition) is 3. The molecule has 0 spiro atoms. The molecule has 0 radical (unpaired) electrons. The monoisotopic (exact) mass is 129 g/mol. The molecule has 1 unspecified atom stereocenters. The largest absolute Gasteiger partial charge is 0.394 e. The van der Waals surface area contributed by atoms with Crippen molar-refractivity contribution in [2.24, 2.45) is 0 Å². The molecule has 1 N–H and O–H groups in total. The Morgan fingerprint density at radius 2 is 2.56 bits per heavy atom. The fourth-order valence-electron chi connectivity index (χ4n) is 1.10. The van der Waals surface area contributed by atoms with Gasteiger partial charge < -0.3 is 5.11 Å². The van der Waals surface area contributed by atoms with Crippen LogP contribution < -0.4 is 0 Å². The normalized spacial score (nSPS) is 29.6. The van der Waals surface area contributed by atoms with Gasteiger partial charge >= 0.3 is 0 Å². The number of hydrogen-bond donors (Lipinski definition) is 1. The molecule has 1 fully saturated rings. The van der Waals surface area contributed by atoms with Gasteiger partial charge in [0.15, 0.2) is 5.78 Å². The first-order valence-electron chi connectivity index (χ1n) is 3.09. The van der Waals surface area contributed by atoms with Gasteiger partial charge in [0.05, 0.1) is 12.6 Å². The van der Waals surface area contributed by atoms with Crippen LogP contribution in [0.2, 0.25) is 0 Å². The minimum atomic E-state index is -0.218. The molecule has 52 valence electrons. The molecule has 0 bridgehead atoms. The summed E-state index contributed by atoms with van der Waals surface area (Å²) in [6.45, 7) is 0.763. The Morgan fingerprint density at radius 3 is 2.78 bits per heavy atom. The van der Waals surface area contributed by atoms with Crippen LogP contribution in [-0.2, 0) is 4.79 Å². The van der Waals surface area contributed by atoms with Gasteiger partial charge in [-0.3, -0.25) is 9.69 Å². The Balaban J connectivity index is 2.55. The van der Waals surface area contributed by atoms with Crippen LogP contribution >= 0.6 is 0 Å². The van der Waals surface area contributed by atoms with Crippen molar-refractivity contribution in [3.05, 3.63) is 0 Å². The highest BCUT2D eigenvalue weighted by Gasteiger charge is 2.28. The van der Waals surface area contributed by atoms with Crippen LogP contribution in [0.15, 0.2) is 0 Å². The standard InChI is InChI=1S/C6H11NO2/c1-7-3-2-6(9)5(7)4-8/h5,8H,2-4H2,1H3.